The maximum absolute atomic E-state index is 11.5. The third-order valence-corrected chi connectivity index (χ3v) is 2.61. The second kappa shape index (κ2) is 8.55. The first kappa shape index (κ1) is 16.5. The van der Waals surface area contributed by atoms with Crippen molar-refractivity contribution in [3.8, 4) is 0 Å². The quantitative estimate of drug-likeness (QED) is 0.492. The van der Waals surface area contributed by atoms with Crippen LogP contribution in [-0.2, 0) is 9.53 Å². The molecule has 0 saturated heterocycles. The van der Waals surface area contributed by atoms with Crippen LogP contribution in [-0.4, -0.2) is 29.3 Å². The van der Waals surface area contributed by atoms with Crippen molar-refractivity contribution in [2.24, 2.45) is 0 Å². The standard InChI is InChI=1S/C13H23NO4/c1-4-6-7-8-13(3,10-11(15)16)14-12(17)18-9-5-2/h5H,2,4,6-10H2,1,3H3,(H,14,17)(H,15,16). The van der Waals surface area contributed by atoms with Gasteiger partial charge in [-0.05, 0) is 13.3 Å². The zero-order chi connectivity index (χ0) is 14.0. The Bertz CT molecular complexity index is 291. The van der Waals surface area contributed by atoms with Crippen LogP contribution in [0.1, 0.15) is 46.0 Å². The molecule has 0 bridgehead atoms. The van der Waals surface area contributed by atoms with E-state index in [1.165, 1.54) is 6.08 Å². The molecule has 5 heteroatoms. The fraction of sp³-hybridized carbons (Fsp3) is 0.692. The van der Waals surface area contributed by atoms with E-state index in [1.807, 2.05) is 0 Å². The summed E-state index contributed by atoms with van der Waals surface area (Å²) in [5.41, 5.74) is -0.765. The van der Waals surface area contributed by atoms with Crippen molar-refractivity contribution in [1.82, 2.24) is 5.32 Å². The fourth-order valence-electron chi connectivity index (χ4n) is 1.71. The first-order valence-corrected chi connectivity index (χ1v) is 6.21. The van der Waals surface area contributed by atoms with Crippen molar-refractivity contribution in [3.63, 3.8) is 0 Å². The molecule has 104 valence electrons. The predicted molar refractivity (Wildman–Crippen MR) is 69.5 cm³/mol. The number of carbonyl (C=O) groups excluding carboxylic acids is 1. The van der Waals surface area contributed by atoms with E-state index in [9.17, 15) is 9.59 Å². The van der Waals surface area contributed by atoms with Gasteiger partial charge in [-0.15, -0.1) is 0 Å². The Hall–Kier alpha value is -1.52. The van der Waals surface area contributed by atoms with Gasteiger partial charge in [0.05, 0.1) is 12.0 Å². The number of unbranched alkanes of at least 4 members (excludes halogenated alkanes) is 2. The van der Waals surface area contributed by atoms with Gasteiger partial charge in [0.1, 0.15) is 6.61 Å². The molecule has 0 aliphatic carbocycles. The maximum Gasteiger partial charge on any atom is 0.407 e. The number of ether oxygens (including phenoxy) is 1. The SMILES string of the molecule is C=CCOC(=O)NC(C)(CCCCC)CC(=O)O. The lowest BCUT2D eigenvalue weighted by Crippen LogP contribution is -2.47. The minimum atomic E-state index is -0.932. The van der Waals surface area contributed by atoms with Crippen molar-refractivity contribution in [3.05, 3.63) is 12.7 Å². The van der Waals surface area contributed by atoms with E-state index in [0.29, 0.717) is 6.42 Å². The van der Waals surface area contributed by atoms with E-state index in [4.69, 9.17) is 9.84 Å². The molecular weight excluding hydrogens is 234 g/mol. The molecule has 1 amide bonds. The summed E-state index contributed by atoms with van der Waals surface area (Å²) in [5, 5.41) is 11.5. The van der Waals surface area contributed by atoms with Crippen LogP contribution in [0.2, 0.25) is 0 Å². The summed E-state index contributed by atoms with van der Waals surface area (Å²) in [4.78, 5) is 22.3. The lowest BCUT2D eigenvalue weighted by Gasteiger charge is -2.28. The molecule has 0 fully saturated rings. The molecule has 0 aromatic rings. The molecular formula is C13H23NO4. The topological polar surface area (TPSA) is 75.6 Å². The lowest BCUT2D eigenvalue weighted by molar-refractivity contribution is -0.138. The predicted octanol–water partition coefficient (Wildman–Crippen LogP) is 2.71. The van der Waals surface area contributed by atoms with Crippen LogP contribution in [0.4, 0.5) is 4.79 Å². The number of alkyl carbamates (subject to hydrolysis) is 1. The van der Waals surface area contributed by atoms with Crippen molar-refractivity contribution < 1.29 is 19.4 Å². The summed E-state index contributed by atoms with van der Waals surface area (Å²) in [6.45, 7) is 7.35. The molecule has 0 aliphatic heterocycles. The molecule has 18 heavy (non-hydrogen) atoms. The van der Waals surface area contributed by atoms with E-state index >= 15 is 0 Å². The monoisotopic (exact) mass is 257 g/mol. The number of carboxylic acid groups (broad SMARTS) is 1. The van der Waals surface area contributed by atoms with Crippen LogP contribution in [0, 0.1) is 0 Å². The summed E-state index contributed by atoms with van der Waals surface area (Å²) >= 11 is 0. The zero-order valence-corrected chi connectivity index (χ0v) is 11.2. The normalized spacial score (nSPS) is 13.4. The second-order valence-electron chi connectivity index (χ2n) is 4.60. The van der Waals surface area contributed by atoms with E-state index < -0.39 is 17.6 Å². The molecule has 5 nitrogen and oxygen atoms in total. The summed E-state index contributed by atoms with van der Waals surface area (Å²) in [6.07, 6.45) is 4.31. The molecule has 0 aromatic carbocycles. The zero-order valence-electron chi connectivity index (χ0n) is 11.2. The molecule has 0 spiro atoms. The van der Waals surface area contributed by atoms with Crippen molar-refractivity contribution in [1.29, 1.82) is 0 Å². The highest BCUT2D eigenvalue weighted by Crippen LogP contribution is 2.19. The Labute approximate surface area is 108 Å². The number of hydrogen-bond acceptors (Lipinski definition) is 3. The van der Waals surface area contributed by atoms with Gasteiger partial charge in [0, 0.05) is 0 Å². The molecule has 0 rings (SSSR count). The van der Waals surface area contributed by atoms with Crippen LogP contribution in [0.3, 0.4) is 0 Å². The Morgan fingerprint density at radius 3 is 2.61 bits per heavy atom. The van der Waals surface area contributed by atoms with Gasteiger partial charge in [-0.2, -0.15) is 0 Å². The van der Waals surface area contributed by atoms with Crippen molar-refractivity contribution >= 4 is 12.1 Å². The molecule has 1 atom stereocenters. The average Bonchev–Trinajstić information content (AvgIpc) is 2.25. The first-order valence-electron chi connectivity index (χ1n) is 6.21. The third-order valence-electron chi connectivity index (χ3n) is 2.61. The molecule has 0 aliphatic rings. The molecule has 1 unspecified atom stereocenters. The van der Waals surface area contributed by atoms with Crippen LogP contribution in [0.25, 0.3) is 0 Å². The van der Waals surface area contributed by atoms with Crippen molar-refractivity contribution in [2.45, 2.75) is 51.5 Å². The smallest absolute Gasteiger partial charge is 0.407 e. The van der Waals surface area contributed by atoms with Crippen LogP contribution in [0.15, 0.2) is 12.7 Å². The van der Waals surface area contributed by atoms with Crippen molar-refractivity contribution in [2.75, 3.05) is 6.61 Å². The Morgan fingerprint density at radius 1 is 1.44 bits per heavy atom. The highest BCUT2D eigenvalue weighted by Gasteiger charge is 2.29. The highest BCUT2D eigenvalue weighted by molar-refractivity contribution is 5.72. The highest BCUT2D eigenvalue weighted by atomic mass is 16.5. The third kappa shape index (κ3) is 7.70. The van der Waals surface area contributed by atoms with Crippen LogP contribution >= 0.6 is 0 Å². The minimum Gasteiger partial charge on any atom is -0.481 e. The maximum atomic E-state index is 11.5. The average molecular weight is 257 g/mol. The van der Waals surface area contributed by atoms with Gasteiger partial charge in [0.25, 0.3) is 0 Å². The number of hydrogen-bond donors (Lipinski definition) is 2. The number of carboxylic acids is 1. The molecule has 0 aromatic heterocycles. The van der Waals surface area contributed by atoms with Gasteiger partial charge in [-0.3, -0.25) is 4.79 Å². The number of aliphatic carboxylic acids is 1. The summed E-state index contributed by atoms with van der Waals surface area (Å²) < 4.78 is 4.81. The molecule has 0 saturated carbocycles. The van der Waals surface area contributed by atoms with Gasteiger partial charge >= 0.3 is 12.1 Å². The Morgan fingerprint density at radius 2 is 2.11 bits per heavy atom. The molecule has 0 radical (unpaired) electrons. The fourth-order valence-corrected chi connectivity index (χ4v) is 1.71. The van der Waals surface area contributed by atoms with Gasteiger partial charge in [-0.1, -0.05) is 38.8 Å². The van der Waals surface area contributed by atoms with E-state index in [0.717, 1.165) is 19.3 Å². The van der Waals surface area contributed by atoms with E-state index in [-0.39, 0.29) is 13.0 Å². The minimum absolute atomic E-state index is 0.111. The Balaban J connectivity index is 4.39. The molecule has 0 heterocycles. The summed E-state index contributed by atoms with van der Waals surface area (Å²) in [6, 6.07) is 0. The van der Waals surface area contributed by atoms with Gasteiger partial charge < -0.3 is 15.2 Å². The summed E-state index contributed by atoms with van der Waals surface area (Å²) in [7, 11) is 0. The van der Waals surface area contributed by atoms with E-state index in [2.05, 4.69) is 18.8 Å². The first-order chi connectivity index (χ1) is 8.43. The number of rotatable bonds is 9. The summed E-state index contributed by atoms with van der Waals surface area (Å²) in [5.74, 6) is -0.932. The number of nitrogens with one attached hydrogen (secondary N) is 1. The van der Waals surface area contributed by atoms with Crippen LogP contribution < -0.4 is 5.32 Å². The molecule has 2 N–H and O–H groups in total. The van der Waals surface area contributed by atoms with Gasteiger partial charge in [0.2, 0.25) is 0 Å². The van der Waals surface area contributed by atoms with Gasteiger partial charge in [0.15, 0.2) is 0 Å². The Kier molecular flexibility index (Phi) is 7.83. The second-order valence-corrected chi connectivity index (χ2v) is 4.60. The largest absolute Gasteiger partial charge is 0.481 e. The number of carbonyl (C=O) groups is 2. The number of amides is 1. The lowest BCUT2D eigenvalue weighted by atomic mass is 9.91. The van der Waals surface area contributed by atoms with Crippen LogP contribution in [0.5, 0.6) is 0 Å². The van der Waals surface area contributed by atoms with Gasteiger partial charge in [-0.25, -0.2) is 4.79 Å². The van der Waals surface area contributed by atoms with E-state index in [1.54, 1.807) is 6.92 Å².